The topological polar surface area (TPSA) is 104 Å². The summed E-state index contributed by atoms with van der Waals surface area (Å²) in [7, 11) is -7.19. The summed E-state index contributed by atoms with van der Waals surface area (Å²) in [5, 5.41) is 10.9. The summed E-state index contributed by atoms with van der Waals surface area (Å²) >= 11 is 0. The lowest BCUT2D eigenvalue weighted by molar-refractivity contribution is 0.0442. The second kappa shape index (κ2) is 7.39. The maximum Gasteiger partial charge on any atom is 0.240 e. The van der Waals surface area contributed by atoms with Gasteiger partial charge in [-0.05, 0) is 61.1 Å². The molecular formula is C20H24N2O5S2. The second-order valence-electron chi connectivity index (χ2n) is 7.60. The molecule has 1 aliphatic heterocycles. The Kier molecular flexibility index (Phi) is 5.18. The predicted octanol–water partition coefficient (Wildman–Crippen LogP) is 1.73. The summed E-state index contributed by atoms with van der Waals surface area (Å²) in [5.41, 5.74) is 1.02. The molecule has 1 atom stereocenters. The molecule has 1 fully saturated rings. The van der Waals surface area contributed by atoms with E-state index in [1.807, 2.05) is 24.3 Å². The van der Waals surface area contributed by atoms with Crippen molar-refractivity contribution >= 4 is 25.7 Å². The molecule has 7 nitrogen and oxygen atoms in total. The van der Waals surface area contributed by atoms with Crippen LogP contribution < -0.4 is 9.03 Å². The van der Waals surface area contributed by atoms with Crippen molar-refractivity contribution in [3.05, 3.63) is 59.7 Å². The first-order chi connectivity index (χ1) is 13.7. The van der Waals surface area contributed by atoms with Crippen LogP contribution in [0.5, 0.6) is 0 Å². The van der Waals surface area contributed by atoms with Gasteiger partial charge in [0, 0.05) is 13.1 Å². The summed E-state index contributed by atoms with van der Waals surface area (Å²) in [4.78, 5) is 0.0329. The molecular weight excluding hydrogens is 412 g/mol. The van der Waals surface area contributed by atoms with Crippen molar-refractivity contribution in [1.82, 2.24) is 4.72 Å². The average molecular weight is 437 g/mol. The van der Waals surface area contributed by atoms with Gasteiger partial charge in [-0.25, -0.2) is 21.6 Å². The number of anilines is 1. The normalized spacial score (nSPS) is 23.7. The van der Waals surface area contributed by atoms with E-state index in [1.54, 1.807) is 0 Å². The van der Waals surface area contributed by atoms with E-state index in [0.717, 1.165) is 17.5 Å². The highest BCUT2D eigenvalue weighted by molar-refractivity contribution is 7.92. The molecule has 2 N–H and O–H groups in total. The zero-order valence-electron chi connectivity index (χ0n) is 15.9. The van der Waals surface area contributed by atoms with Gasteiger partial charge in [0.25, 0.3) is 0 Å². The fourth-order valence-corrected chi connectivity index (χ4v) is 6.75. The Bertz CT molecular complexity index is 1110. The Hall–Kier alpha value is -1.94. The third-order valence-electron chi connectivity index (χ3n) is 5.67. The van der Waals surface area contributed by atoms with Crippen LogP contribution in [0.2, 0.25) is 0 Å². The van der Waals surface area contributed by atoms with Crippen LogP contribution in [0.4, 0.5) is 5.69 Å². The van der Waals surface area contributed by atoms with E-state index in [1.165, 1.54) is 28.6 Å². The molecule has 0 saturated carbocycles. The number of aliphatic hydroxyl groups is 1. The van der Waals surface area contributed by atoms with Crippen LogP contribution in [0.25, 0.3) is 0 Å². The summed E-state index contributed by atoms with van der Waals surface area (Å²) in [6.07, 6.45) is 2.58. The van der Waals surface area contributed by atoms with Gasteiger partial charge in [0.1, 0.15) is 5.60 Å². The van der Waals surface area contributed by atoms with Crippen LogP contribution in [0.15, 0.2) is 53.4 Å². The number of nitrogens with zero attached hydrogens (tertiary/aromatic N) is 1. The molecule has 4 rings (SSSR count). The molecule has 9 heteroatoms. The van der Waals surface area contributed by atoms with Crippen molar-refractivity contribution in [1.29, 1.82) is 0 Å². The van der Waals surface area contributed by atoms with Crippen molar-refractivity contribution in [2.75, 3.05) is 23.1 Å². The molecule has 0 unspecified atom stereocenters. The van der Waals surface area contributed by atoms with Gasteiger partial charge in [0.15, 0.2) is 0 Å². The number of sulfonamides is 2. The third-order valence-corrected chi connectivity index (χ3v) is 8.95. The maximum absolute atomic E-state index is 12.7. The molecule has 2 aromatic rings. The molecule has 2 aliphatic rings. The number of hydrogen-bond acceptors (Lipinski definition) is 5. The van der Waals surface area contributed by atoms with Gasteiger partial charge in [-0.3, -0.25) is 4.31 Å². The zero-order chi connectivity index (χ0) is 20.7. The van der Waals surface area contributed by atoms with Gasteiger partial charge in [-0.1, -0.05) is 24.3 Å². The van der Waals surface area contributed by atoms with Gasteiger partial charge < -0.3 is 5.11 Å². The molecule has 2 aromatic carbocycles. The number of fused-ring (bicyclic) bond motifs is 1. The lowest BCUT2D eigenvalue weighted by Gasteiger charge is -2.28. The van der Waals surface area contributed by atoms with Gasteiger partial charge >= 0.3 is 0 Å². The van der Waals surface area contributed by atoms with Crippen molar-refractivity contribution in [2.24, 2.45) is 0 Å². The van der Waals surface area contributed by atoms with Crippen LogP contribution >= 0.6 is 0 Å². The van der Waals surface area contributed by atoms with E-state index < -0.39 is 25.6 Å². The van der Waals surface area contributed by atoms with Gasteiger partial charge in [0.05, 0.1) is 16.3 Å². The number of benzene rings is 2. The van der Waals surface area contributed by atoms with Crippen molar-refractivity contribution in [2.45, 2.75) is 36.2 Å². The largest absolute Gasteiger partial charge is 0.384 e. The smallest absolute Gasteiger partial charge is 0.240 e. The SMILES string of the molecule is O=S(=O)(NC[C@@]1(O)CCc2ccccc21)c1ccc(N2CCCCS2(=O)=O)cc1. The van der Waals surface area contributed by atoms with E-state index >= 15 is 0 Å². The molecule has 0 aromatic heterocycles. The van der Waals surface area contributed by atoms with Crippen LogP contribution in [-0.4, -0.2) is 40.8 Å². The Labute approximate surface area is 171 Å². The van der Waals surface area contributed by atoms with E-state index in [-0.39, 0.29) is 17.2 Å². The first kappa shape index (κ1) is 20.3. The molecule has 0 bridgehead atoms. The van der Waals surface area contributed by atoms with Crippen molar-refractivity contribution in [3.8, 4) is 0 Å². The third kappa shape index (κ3) is 3.92. The van der Waals surface area contributed by atoms with Crippen LogP contribution in [0.1, 0.15) is 30.4 Å². The Morgan fingerprint density at radius 1 is 1.07 bits per heavy atom. The van der Waals surface area contributed by atoms with Gasteiger partial charge in [-0.15, -0.1) is 0 Å². The van der Waals surface area contributed by atoms with Crippen molar-refractivity contribution < 1.29 is 21.9 Å². The zero-order valence-corrected chi connectivity index (χ0v) is 17.5. The molecule has 1 aliphatic carbocycles. The summed E-state index contributed by atoms with van der Waals surface area (Å²) in [6.45, 7) is 0.285. The van der Waals surface area contributed by atoms with Crippen LogP contribution in [-0.2, 0) is 32.1 Å². The fraction of sp³-hybridized carbons (Fsp3) is 0.400. The molecule has 0 spiro atoms. The van der Waals surface area contributed by atoms with Crippen LogP contribution in [0.3, 0.4) is 0 Å². The highest BCUT2D eigenvalue weighted by atomic mass is 32.2. The summed E-state index contributed by atoms with van der Waals surface area (Å²) < 4.78 is 53.7. The molecule has 1 saturated heterocycles. The lowest BCUT2D eigenvalue weighted by Crippen LogP contribution is -2.39. The van der Waals surface area contributed by atoms with Gasteiger partial charge in [0.2, 0.25) is 20.0 Å². The van der Waals surface area contributed by atoms with Crippen molar-refractivity contribution in [3.63, 3.8) is 0 Å². The highest BCUT2D eigenvalue weighted by Crippen LogP contribution is 2.36. The summed E-state index contributed by atoms with van der Waals surface area (Å²) in [5.74, 6) is 0.106. The monoisotopic (exact) mass is 436 g/mol. The number of hydrogen-bond donors (Lipinski definition) is 2. The molecule has 0 amide bonds. The van der Waals surface area contributed by atoms with E-state index in [4.69, 9.17) is 0 Å². The molecule has 156 valence electrons. The lowest BCUT2D eigenvalue weighted by atomic mass is 9.96. The van der Waals surface area contributed by atoms with E-state index in [0.29, 0.717) is 31.5 Å². The van der Waals surface area contributed by atoms with Crippen LogP contribution in [0, 0.1) is 0 Å². The minimum atomic E-state index is -3.84. The first-order valence-electron chi connectivity index (χ1n) is 9.62. The Balaban J connectivity index is 1.50. The average Bonchev–Trinajstić information content (AvgIpc) is 3.04. The quantitative estimate of drug-likeness (QED) is 0.743. The molecule has 0 radical (unpaired) electrons. The minimum absolute atomic E-state index is 0.0329. The Morgan fingerprint density at radius 3 is 2.52 bits per heavy atom. The first-order valence-corrected chi connectivity index (χ1v) is 12.7. The van der Waals surface area contributed by atoms with Gasteiger partial charge in [-0.2, -0.15) is 0 Å². The predicted molar refractivity (Wildman–Crippen MR) is 111 cm³/mol. The number of aryl methyl sites for hydroxylation is 1. The highest BCUT2D eigenvalue weighted by Gasteiger charge is 2.37. The Morgan fingerprint density at radius 2 is 1.79 bits per heavy atom. The molecule has 1 heterocycles. The number of nitrogens with one attached hydrogen (secondary N) is 1. The number of rotatable bonds is 5. The standard InChI is InChI=1S/C20H24N2O5S2/c23-20(12-11-16-5-1-2-6-19(16)20)15-21-29(26,27)18-9-7-17(8-10-18)22-13-3-4-14-28(22,24)25/h1-2,5-10,21,23H,3-4,11-15H2/t20-/m0/s1. The molecule has 29 heavy (non-hydrogen) atoms. The minimum Gasteiger partial charge on any atom is -0.384 e. The van der Waals surface area contributed by atoms with E-state index in [2.05, 4.69) is 4.72 Å². The second-order valence-corrected chi connectivity index (χ2v) is 11.4. The van der Waals surface area contributed by atoms with E-state index in [9.17, 15) is 21.9 Å². The summed E-state index contributed by atoms with van der Waals surface area (Å²) in [6, 6.07) is 13.3. The fourth-order valence-electron chi connectivity index (χ4n) is 4.02. The maximum atomic E-state index is 12.7.